The third-order valence-corrected chi connectivity index (χ3v) is 3.91. The Kier molecular flexibility index (Phi) is 6.40. The zero-order valence-electron chi connectivity index (χ0n) is 15.1. The zero-order chi connectivity index (χ0) is 18.9. The molecule has 0 spiro atoms. The summed E-state index contributed by atoms with van der Waals surface area (Å²) in [5, 5.41) is 9.74. The predicted octanol–water partition coefficient (Wildman–Crippen LogP) is 2.29. The van der Waals surface area contributed by atoms with Gasteiger partial charge in [-0.15, -0.1) is 0 Å². The second-order valence-electron chi connectivity index (χ2n) is 5.92. The molecule has 2 aromatic carbocycles. The molecule has 0 atom stereocenters. The molecule has 1 amide bonds. The van der Waals surface area contributed by atoms with Crippen molar-refractivity contribution >= 4 is 5.91 Å². The smallest absolute Gasteiger partial charge is 0.227 e. The molecular formula is C20H22N4O3. The largest absolute Gasteiger partial charge is 0.497 e. The van der Waals surface area contributed by atoms with Crippen molar-refractivity contribution in [3.8, 4) is 11.5 Å². The third kappa shape index (κ3) is 5.85. The zero-order valence-corrected chi connectivity index (χ0v) is 15.1. The Labute approximate surface area is 157 Å². The number of carbonyl (C=O) groups excluding carboxylic acids is 1. The third-order valence-electron chi connectivity index (χ3n) is 3.91. The minimum atomic E-state index is -0.104. The molecule has 2 N–H and O–H groups in total. The lowest BCUT2D eigenvalue weighted by atomic mass is 10.1. The summed E-state index contributed by atoms with van der Waals surface area (Å²) in [6, 6.07) is 17.3. The van der Waals surface area contributed by atoms with Gasteiger partial charge in [0.15, 0.2) is 11.6 Å². The van der Waals surface area contributed by atoms with Gasteiger partial charge in [0.1, 0.15) is 18.1 Å². The van der Waals surface area contributed by atoms with E-state index in [4.69, 9.17) is 9.47 Å². The number of nitrogens with zero attached hydrogens (tertiary/aromatic N) is 2. The van der Waals surface area contributed by atoms with E-state index in [1.54, 1.807) is 7.11 Å². The van der Waals surface area contributed by atoms with E-state index < -0.39 is 0 Å². The number of hydrogen-bond donors (Lipinski definition) is 2. The average molecular weight is 366 g/mol. The molecule has 140 valence electrons. The van der Waals surface area contributed by atoms with Crippen molar-refractivity contribution in [1.29, 1.82) is 0 Å². The maximum Gasteiger partial charge on any atom is 0.227 e. The summed E-state index contributed by atoms with van der Waals surface area (Å²) in [6.45, 7) is 0.829. The minimum Gasteiger partial charge on any atom is -0.497 e. The molecule has 3 aromatic rings. The van der Waals surface area contributed by atoms with Gasteiger partial charge in [-0.05, 0) is 36.2 Å². The van der Waals surface area contributed by atoms with Gasteiger partial charge in [-0.25, -0.2) is 4.98 Å². The highest BCUT2D eigenvalue weighted by Crippen LogP contribution is 2.17. The molecule has 0 bridgehead atoms. The molecule has 0 aliphatic heterocycles. The molecule has 0 aliphatic rings. The van der Waals surface area contributed by atoms with Crippen LogP contribution in [0.25, 0.3) is 0 Å². The van der Waals surface area contributed by atoms with Crippen LogP contribution >= 0.6 is 0 Å². The lowest BCUT2D eigenvalue weighted by Gasteiger charge is -2.05. The van der Waals surface area contributed by atoms with Crippen molar-refractivity contribution in [2.24, 2.45) is 0 Å². The molecular weight excluding hydrogens is 344 g/mol. The van der Waals surface area contributed by atoms with Crippen LogP contribution in [0.3, 0.4) is 0 Å². The first-order valence-corrected chi connectivity index (χ1v) is 8.70. The summed E-state index contributed by atoms with van der Waals surface area (Å²) >= 11 is 0. The maximum atomic E-state index is 12.0. The van der Waals surface area contributed by atoms with Crippen molar-refractivity contribution in [2.45, 2.75) is 19.4 Å². The topological polar surface area (TPSA) is 89.1 Å². The van der Waals surface area contributed by atoms with Gasteiger partial charge in [-0.3, -0.25) is 9.89 Å². The molecule has 0 fully saturated rings. The van der Waals surface area contributed by atoms with Crippen LogP contribution in [0.1, 0.15) is 17.2 Å². The van der Waals surface area contributed by atoms with Crippen molar-refractivity contribution in [2.75, 3.05) is 13.7 Å². The number of benzene rings is 2. The normalized spacial score (nSPS) is 10.4. The number of carbonyl (C=O) groups is 1. The fourth-order valence-electron chi connectivity index (χ4n) is 2.50. The van der Waals surface area contributed by atoms with Crippen LogP contribution in [0.4, 0.5) is 0 Å². The van der Waals surface area contributed by atoms with Crippen LogP contribution in [0.2, 0.25) is 0 Å². The van der Waals surface area contributed by atoms with Crippen LogP contribution in [0.5, 0.6) is 11.5 Å². The fourth-order valence-corrected chi connectivity index (χ4v) is 2.50. The van der Waals surface area contributed by atoms with Gasteiger partial charge < -0.3 is 14.8 Å². The average Bonchev–Trinajstić information content (AvgIpc) is 3.15. The molecule has 0 aliphatic carbocycles. The standard InChI is InChI=1S/C20H22N4O3/c1-26-16-7-9-17(10-8-16)27-14-19-22-18(23-24-19)13-20(25)21-12-11-15-5-3-2-4-6-15/h2-10H,11-14H2,1H3,(H,21,25)(H,22,23,24). The highest BCUT2D eigenvalue weighted by Gasteiger charge is 2.09. The quantitative estimate of drug-likeness (QED) is 0.607. The minimum absolute atomic E-state index is 0.104. The van der Waals surface area contributed by atoms with Gasteiger partial charge in [-0.1, -0.05) is 30.3 Å². The fraction of sp³-hybridized carbons (Fsp3) is 0.250. The summed E-state index contributed by atoms with van der Waals surface area (Å²) in [7, 11) is 1.61. The number of methoxy groups -OCH3 is 1. The molecule has 1 heterocycles. The summed E-state index contributed by atoms with van der Waals surface area (Å²) in [6.07, 6.45) is 0.926. The summed E-state index contributed by atoms with van der Waals surface area (Å²) in [5.74, 6) is 2.38. The Bertz CT molecular complexity index is 847. The molecule has 0 saturated carbocycles. The second-order valence-corrected chi connectivity index (χ2v) is 5.92. The summed E-state index contributed by atoms with van der Waals surface area (Å²) in [5.41, 5.74) is 1.19. The van der Waals surface area contributed by atoms with E-state index in [-0.39, 0.29) is 18.9 Å². The molecule has 7 nitrogen and oxygen atoms in total. The Morgan fingerprint density at radius 2 is 1.81 bits per heavy atom. The van der Waals surface area contributed by atoms with Gasteiger partial charge in [-0.2, -0.15) is 5.10 Å². The number of ether oxygens (including phenoxy) is 2. The van der Waals surface area contributed by atoms with Crippen LogP contribution in [0.15, 0.2) is 54.6 Å². The van der Waals surface area contributed by atoms with E-state index in [0.29, 0.717) is 23.9 Å². The van der Waals surface area contributed by atoms with E-state index in [9.17, 15) is 4.79 Å². The molecule has 0 radical (unpaired) electrons. The highest BCUT2D eigenvalue weighted by molar-refractivity contribution is 5.77. The van der Waals surface area contributed by atoms with E-state index >= 15 is 0 Å². The van der Waals surface area contributed by atoms with Gasteiger partial charge in [0.2, 0.25) is 5.91 Å². The maximum absolute atomic E-state index is 12.0. The molecule has 3 rings (SSSR count). The summed E-state index contributed by atoms with van der Waals surface area (Å²) in [4.78, 5) is 16.3. The molecule has 0 unspecified atom stereocenters. The van der Waals surface area contributed by atoms with Crippen molar-refractivity contribution < 1.29 is 14.3 Å². The van der Waals surface area contributed by atoms with Crippen molar-refractivity contribution in [3.63, 3.8) is 0 Å². The second kappa shape index (κ2) is 9.38. The lowest BCUT2D eigenvalue weighted by molar-refractivity contribution is -0.120. The van der Waals surface area contributed by atoms with E-state index in [0.717, 1.165) is 12.2 Å². The predicted molar refractivity (Wildman–Crippen MR) is 101 cm³/mol. The van der Waals surface area contributed by atoms with E-state index in [2.05, 4.69) is 20.5 Å². The first-order valence-electron chi connectivity index (χ1n) is 8.70. The Balaban J connectivity index is 1.41. The van der Waals surface area contributed by atoms with E-state index in [1.165, 1.54) is 5.56 Å². The first kappa shape index (κ1) is 18.4. The van der Waals surface area contributed by atoms with Crippen LogP contribution in [-0.4, -0.2) is 34.7 Å². The number of aromatic amines is 1. The highest BCUT2D eigenvalue weighted by atomic mass is 16.5. The Hall–Kier alpha value is -3.35. The Morgan fingerprint density at radius 3 is 2.56 bits per heavy atom. The number of aromatic nitrogens is 3. The van der Waals surface area contributed by atoms with Gasteiger partial charge >= 0.3 is 0 Å². The number of hydrogen-bond acceptors (Lipinski definition) is 5. The van der Waals surface area contributed by atoms with Crippen LogP contribution < -0.4 is 14.8 Å². The lowest BCUT2D eigenvalue weighted by Crippen LogP contribution is -2.27. The molecule has 27 heavy (non-hydrogen) atoms. The van der Waals surface area contributed by atoms with Crippen molar-refractivity contribution in [3.05, 3.63) is 71.8 Å². The monoisotopic (exact) mass is 366 g/mol. The number of rotatable bonds is 9. The number of amides is 1. The number of H-pyrrole nitrogens is 1. The molecule has 7 heteroatoms. The van der Waals surface area contributed by atoms with Crippen LogP contribution in [0, 0.1) is 0 Å². The van der Waals surface area contributed by atoms with Gasteiger partial charge in [0.05, 0.1) is 13.5 Å². The number of nitrogens with one attached hydrogen (secondary N) is 2. The van der Waals surface area contributed by atoms with E-state index in [1.807, 2.05) is 54.6 Å². The van der Waals surface area contributed by atoms with Gasteiger partial charge in [0, 0.05) is 6.54 Å². The summed E-state index contributed by atoms with van der Waals surface area (Å²) < 4.78 is 10.7. The van der Waals surface area contributed by atoms with Gasteiger partial charge in [0.25, 0.3) is 0 Å². The van der Waals surface area contributed by atoms with Crippen LogP contribution in [-0.2, 0) is 24.2 Å². The SMILES string of the molecule is COc1ccc(OCc2nc(CC(=O)NCCc3ccccc3)n[nH]2)cc1. The Morgan fingerprint density at radius 1 is 1.07 bits per heavy atom. The van der Waals surface area contributed by atoms with Crippen molar-refractivity contribution in [1.82, 2.24) is 20.5 Å². The first-order chi connectivity index (χ1) is 13.2. The molecule has 1 aromatic heterocycles. The molecule has 0 saturated heterocycles.